The number of carbonyl (C=O) groups is 3. The second kappa shape index (κ2) is 9.49. The molecule has 1 N–H and O–H groups in total. The van der Waals surface area contributed by atoms with Crippen LogP contribution >= 0.6 is 0 Å². The van der Waals surface area contributed by atoms with Crippen molar-refractivity contribution >= 4 is 33.6 Å². The van der Waals surface area contributed by atoms with Gasteiger partial charge in [0.05, 0.1) is 10.5 Å². The predicted octanol–water partition coefficient (Wildman–Crippen LogP) is 1.02. The molecule has 1 aliphatic heterocycles. The molecular weight excluding hydrogens is 440 g/mol. The molecule has 0 bridgehead atoms. The summed E-state index contributed by atoms with van der Waals surface area (Å²) in [5.74, 6) is -0.871. The summed E-state index contributed by atoms with van der Waals surface area (Å²) in [6, 6.07) is 6.93. The van der Waals surface area contributed by atoms with E-state index in [1.807, 2.05) is 0 Å². The van der Waals surface area contributed by atoms with Gasteiger partial charge in [-0.2, -0.15) is 4.31 Å². The molecule has 11 nitrogen and oxygen atoms in total. The summed E-state index contributed by atoms with van der Waals surface area (Å²) >= 11 is 0. The first-order valence-corrected chi connectivity index (χ1v) is 11.3. The van der Waals surface area contributed by atoms with Gasteiger partial charge in [0.2, 0.25) is 15.9 Å². The van der Waals surface area contributed by atoms with Crippen molar-refractivity contribution < 1.29 is 32.1 Å². The number of sulfonamides is 1. The van der Waals surface area contributed by atoms with Gasteiger partial charge in [-0.3, -0.25) is 9.59 Å². The Hall–Kier alpha value is -3.25. The van der Waals surface area contributed by atoms with E-state index in [1.165, 1.54) is 48.5 Å². The van der Waals surface area contributed by atoms with Crippen molar-refractivity contribution in [2.24, 2.45) is 0 Å². The molecule has 172 valence electrons. The number of piperazine rings is 1. The number of nitrogens with zero attached hydrogens (tertiary/aromatic N) is 3. The van der Waals surface area contributed by atoms with E-state index in [0.717, 1.165) is 0 Å². The molecule has 0 aliphatic carbocycles. The van der Waals surface area contributed by atoms with E-state index in [9.17, 15) is 22.8 Å². The zero-order valence-electron chi connectivity index (χ0n) is 17.9. The number of anilines is 1. The quantitative estimate of drug-likeness (QED) is 0.625. The van der Waals surface area contributed by atoms with Crippen molar-refractivity contribution in [3.63, 3.8) is 0 Å². The molecule has 2 aromatic rings. The van der Waals surface area contributed by atoms with Gasteiger partial charge in [0, 0.05) is 39.2 Å². The Morgan fingerprint density at radius 1 is 1.16 bits per heavy atom. The van der Waals surface area contributed by atoms with Crippen LogP contribution in [0.2, 0.25) is 0 Å². The summed E-state index contributed by atoms with van der Waals surface area (Å²) < 4.78 is 37.2. The molecule has 2 heterocycles. The highest BCUT2D eigenvalue weighted by molar-refractivity contribution is 7.89. The molecule has 32 heavy (non-hydrogen) atoms. The van der Waals surface area contributed by atoms with Crippen LogP contribution in [-0.4, -0.2) is 72.8 Å². The molecule has 1 atom stereocenters. The van der Waals surface area contributed by atoms with Crippen LogP contribution in [0.5, 0.6) is 0 Å². The third kappa shape index (κ3) is 5.32. The number of aromatic nitrogens is 1. The van der Waals surface area contributed by atoms with Gasteiger partial charge in [-0.05, 0) is 32.0 Å². The van der Waals surface area contributed by atoms with Crippen LogP contribution in [0.3, 0.4) is 0 Å². The maximum atomic E-state index is 13.0. The lowest BCUT2D eigenvalue weighted by Gasteiger charge is -2.33. The van der Waals surface area contributed by atoms with E-state index in [-0.39, 0.29) is 35.3 Å². The molecule has 12 heteroatoms. The lowest BCUT2D eigenvalue weighted by molar-refractivity contribution is -0.130. The van der Waals surface area contributed by atoms with Gasteiger partial charge in [0.1, 0.15) is 5.76 Å². The molecule has 1 aromatic heterocycles. The van der Waals surface area contributed by atoms with Crippen LogP contribution in [0, 0.1) is 6.92 Å². The van der Waals surface area contributed by atoms with Crippen molar-refractivity contribution in [2.75, 3.05) is 31.5 Å². The Kier molecular flexibility index (Phi) is 6.94. The minimum Gasteiger partial charge on any atom is -0.449 e. The van der Waals surface area contributed by atoms with Gasteiger partial charge in [0.25, 0.3) is 5.91 Å². The first-order chi connectivity index (χ1) is 15.1. The lowest BCUT2D eigenvalue weighted by atomic mass is 10.2. The number of hydrogen-bond donors (Lipinski definition) is 1. The largest absolute Gasteiger partial charge is 0.449 e. The summed E-state index contributed by atoms with van der Waals surface area (Å²) in [4.78, 5) is 37.7. The fourth-order valence-corrected chi connectivity index (χ4v) is 4.58. The summed E-state index contributed by atoms with van der Waals surface area (Å²) in [7, 11) is -3.86. The number of rotatable bonds is 6. The number of esters is 1. The first kappa shape index (κ1) is 23.4. The van der Waals surface area contributed by atoms with E-state index in [1.54, 1.807) is 11.8 Å². The van der Waals surface area contributed by atoms with E-state index >= 15 is 0 Å². The average Bonchev–Trinajstić information content (AvgIpc) is 3.18. The molecule has 0 saturated carbocycles. The number of hydrogen-bond acceptors (Lipinski definition) is 8. The van der Waals surface area contributed by atoms with Crippen LogP contribution in [0.1, 0.15) is 30.0 Å². The van der Waals surface area contributed by atoms with Gasteiger partial charge in [-0.15, -0.1) is 0 Å². The lowest BCUT2D eigenvalue weighted by Crippen LogP contribution is -2.49. The second-order valence-corrected chi connectivity index (χ2v) is 9.24. The first-order valence-electron chi connectivity index (χ1n) is 9.89. The Bertz CT molecular complexity index is 1120. The fourth-order valence-electron chi connectivity index (χ4n) is 3.11. The van der Waals surface area contributed by atoms with Gasteiger partial charge in [-0.1, -0.05) is 11.2 Å². The molecule has 0 spiro atoms. The summed E-state index contributed by atoms with van der Waals surface area (Å²) in [6.45, 7) is 5.41. The molecule has 0 radical (unpaired) electrons. The third-order valence-corrected chi connectivity index (χ3v) is 6.82. The van der Waals surface area contributed by atoms with Gasteiger partial charge in [0.15, 0.2) is 11.9 Å². The Morgan fingerprint density at radius 3 is 2.44 bits per heavy atom. The number of carbonyl (C=O) groups excluding carboxylic acids is 3. The molecule has 1 fully saturated rings. The van der Waals surface area contributed by atoms with E-state index in [2.05, 4.69) is 10.5 Å². The molecule has 1 aliphatic rings. The zero-order valence-corrected chi connectivity index (χ0v) is 18.7. The van der Waals surface area contributed by atoms with Crippen LogP contribution in [-0.2, 0) is 24.3 Å². The van der Waals surface area contributed by atoms with Crippen LogP contribution < -0.4 is 5.32 Å². The SMILES string of the molecule is CC(=O)N1CCN(S(=O)(=O)c2cccc(C(=O)OC(C)C(=O)Nc3cc(C)on3)c2)CC1. The highest BCUT2D eigenvalue weighted by atomic mass is 32.2. The van der Waals surface area contributed by atoms with E-state index in [0.29, 0.717) is 18.8 Å². The van der Waals surface area contributed by atoms with Crippen LogP contribution in [0.15, 0.2) is 39.8 Å². The second-order valence-electron chi connectivity index (χ2n) is 7.30. The van der Waals surface area contributed by atoms with Crippen molar-refractivity contribution in [1.82, 2.24) is 14.4 Å². The summed E-state index contributed by atoms with van der Waals surface area (Å²) in [5, 5.41) is 6.09. The molecule has 1 saturated heterocycles. The maximum Gasteiger partial charge on any atom is 0.338 e. The molecule has 1 unspecified atom stereocenters. The van der Waals surface area contributed by atoms with Crippen molar-refractivity contribution in [3.05, 3.63) is 41.7 Å². The summed E-state index contributed by atoms with van der Waals surface area (Å²) in [5.41, 5.74) is -0.00891. The van der Waals surface area contributed by atoms with Crippen LogP contribution in [0.25, 0.3) is 0 Å². The van der Waals surface area contributed by atoms with Gasteiger partial charge in [-0.25, -0.2) is 13.2 Å². The number of aryl methyl sites for hydroxylation is 1. The Labute approximate surface area is 185 Å². The molecular formula is C20H24N4O7S. The summed E-state index contributed by atoms with van der Waals surface area (Å²) in [6.07, 6.45) is -1.15. The minimum atomic E-state index is -3.86. The topological polar surface area (TPSA) is 139 Å². The van der Waals surface area contributed by atoms with Crippen molar-refractivity contribution in [1.29, 1.82) is 0 Å². The minimum absolute atomic E-state index is 0.00891. The number of benzene rings is 1. The van der Waals surface area contributed by atoms with Gasteiger partial charge < -0.3 is 19.5 Å². The van der Waals surface area contributed by atoms with Crippen LogP contribution in [0.4, 0.5) is 5.82 Å². The van der Waals surface area contributed by atoms with Crippen molar-refractivity contribution in [3.8, 4) is 0 Å². The average molecular weight is 465 g/mol. The Morgan fingerprint density at radius 2 is 1.84 bits per heavy atom. The number of ether oxygens (including phenoxy) is 1. The number of amides is 2. The predicted molar refractivity (Wildman–Crippen MR) is 112 cm³/mol. The van der Waals surface area contributed by atoms with E-state index < -0.39 is 28.0 Å². The highest BCUT2D eigenvalue weighted by Crippen LogP contribution is 2.20. The third-order valence-electron chi connectivity index (χ3n) is 4.92. The molecule has 3 rings (SSSR count). The molecule has 1 aromatic carbocycles. The maximum absolute atomic E-state index is 13.0. The highest BCUT2D eigenvalue weighted by Gasteiger charge is 2.30. The smallest absolute Gasteiger partial charge is 0.338 e. The fraction of sp³-hybridized carbons (Fsp3) is 0.400. The van der Waals surface area contributed by atoms with Crippen molar-refractivity contribution in [2.45, 2.75) is 31.8 Å². The zero-order chi connectivity index (χ0) is 23.5. The normalized spacial score (nSPS) is 15.8. The monoisotopic (exact) mass is 464 g/mol. The number of nitrogens with one attached hydrogen (secondary N) is 1. The van der Waals surface area contributed by atoms with E-state index in [4.69, 9.17) is 9.26 Å². The molecule has 2 amide bonds. The Balaban J connectivity index is 1.66. The van der Waals surface area contributed by atoms with Gasteiger partial charge >= 0.3 is 5.97 Å². The standard InChI is InChI=1S/C20H24N4O7S/c1-13-11-18(22-31-13)21-19(26)14(2)30-20(27)16-5-4-6-17(12-16)32(28,29)24-9-7-23(8-10-24)15(3)25/h4-6,11-12,14H,7-10H2,1-3H3,(H,21,22,26).